The van der Waals surface area contributed by atoms with Crippen LogP contribution in [0.5, 0.6) is 0 Å². The van der Waals surface area contributed by atoms with Crippen molar-refractivity contribution in [3.63, 3.8) is 0 Å². The third kappa shape index (κ3) is 4.20. The Morgan fingerprint density at radius 3 is 2.65 bits per heavy atom. The molecule has 1 aliphatic heterocycles. The lowest BCUT2D eigenvalue weighted by atomic mass is 9.75. The highest BCUT2D eigenvalue weighted by Crippen LogP contribution is 2.36. The Labute approximate surface area is 124 Å². The van der Waals surface area contributed by atoms with E-state index < -0.39 is 0 Å². The zero-order valence-corrected chi connectivity index (χ0v) is 13.3. The van der Waals surface area contributed by atoms with E-state index in [2.05, 4.69) is 16.3 Å². The number of nitrogens with zero attached hydrogens (tertiary/aromatic N) is 2. The van der Waals surface area contributed by atoms with Crippen molar-refractivity contribution in [3.05, 3.63) is 0 Å². The van der Waals surface area contributed by atoms with Gasteiger partial charge >= 0.3 is 0 Å². The molecule has 20 heavy (non-hydrogen) atoms. The number of likely N-dealkylation sites (tertiary alicyclic amines) is 1. The summed E-state index contributed by atoms with van der Waals surface area (Å²) < 4.78 is 0. The van der Waals surface area contributed by atoms with Crippen LogP contribution in [-0.2, 0) is 0 Å². The molecule has 3 atom stereocenters. The van der Waals surface area contributed by atoms with E-state index in [1.54, 1.807) is 0 Å². The second-order valence-electron chi connectivity index (χ2n) is 7.04. The van der Waals surface area contributed by atoms with Gasteiger partial charge in [-0.1, -0.05) is 19.3 Å². The standard InChI is InChI=1S/C17H31N3/c1-17(14-18,19-2)10-5-6-11-20-12-9-15-7-3-4-8-16(15)13-20/h15-16,19H,3-13H2,1-2H3. The van der Waals surface area contributed by atoms with Crippen LogP contribution in [0.3, 0.4) is 0 Å². The number of fused-ring (bicyclic) bond motifs is 1. The summed E-state index contributed by atoms with van der Waals surface area (Å²) in [6.45, 7) is 5.88. The maximum absolute atomic E-state index is 9.14. The number of unbranched alkanes of at least 4 members (excludes halogenated alkanes) is 1. The van der Waals surface area contributed by atoms with E-state index >= 15 is 0 Å². The molecule has 1 N–H and O–H groups in total. The molecule has 2 aliphatic rings. The van der Waals surface area contributed by atoms with Crippen molar-refractivity contribution >= 4 is 0 Å². The predicted molar refractivity (Wildman–Crippen MR) is 83.4 cm³/mol. The highest BCUT2D eigenvalue weighted by atomic mass is 15.1. The van der Waals surface area contributed by atoms with Crippen molar-refractivity contribution in [2.45, 2.75) is 63.8 Å². The summed E-state index contributed by atoms with van der Waals surface area (Å²) in [7, 11) is 1.89. The zero-order chi connectivity index (χ0) is 14.4. The van der Waals surface area contributed by atoms with E-state index in [0.717, 1.165) is 24.7 Å². The fourth-order valence-electron chi connectivity index (χ4n) is 3.93. The summed E-state index contributed by atoms with van der Waals surface area (Å²) in [5.41, 5.74) is -0.337. The van der Waals surface area contributed by atoms with Crippen LogP contribution in [0.15, 0.2) is 0 Å². The molecule has 0 radical (unpaired) electrons. The van der Waals surface area contributed by atoms with Crippen LogP contribution in [0, 0.1) is 23.2 Å². The Hall–Kier alpha value is -0.590. The molecular weight excluding hydrogens is 246 g/mol. The second-order valence-corrected chi connectivity index (χ2v) is 7.04. The Kier molecular flexibility index (Phi) is 5.86. The van der Waals surface area contributed by atoms with E-state index in [1.165, 1.54) is 58.2 Å². The first-order valence-corrected chi connectivity index (χ1v) is 8.49. The highest BCUT2D eigenvalue weighted by molar-refractivity contribution is 5.02. The average Bonchev–Trinajstić information content (AvgIpc) is 2.51. The van der Waals surface area contributed by atoms with E-state index in [9.17, 15) is 0 Å². The van der Waals surface area contributed by atoms with E-state index in [4.69, 9.17) is 5.26 Å². The fourth-order valence-corrected chi connectivity index (χ4v) is 3.93. The third-order valence-electron chi connectivity index (χ3n) is 5.57. The van der Waals surface area contributed by atoms with E-state index in [-0.39, 0.29) is 5.54 Å². The quantitative estimate of drug-likeness (QED) is 0.758. The molecule has 0 bridgehead atoms. The van der Waals surface area contributed by atoms with Crippen LogP contribution in [0.1, 0.15) is 58.3 Å². The Morgan fingerprint density at radius 2 is 1.95 bits per heavy atom. The SMILES string of the molecule is CNC(C)(C#N)CCCCN1CCC2CCCCC2C1. The molecule has 0 aromatic rings. The number of hydrogen-bond acceptors (Lipinski definition) is 3. The molecule has 1 saturated heterocycles. The number of nitriles is 1. The minimum atomic E-state index is -0.337. The van der Waals surface area contributed by atoms with Gasteiger partial charge in [-0.25, -0.2) is 0 Å². The smallest absolute Gasteiger partial charge is 0.103 e. The Balaban J connectivity index is 1.64. The van der Waals surface area contributed by atoms with Crippen LogP contribution in [-0.4, -0.2) is 37.1 Å². The summed E-state index contributed by atoms with van der Waals surface area (Å²) in [4.78, 5) is 2.68. The average molecular weight is 277 g/mol. The number of rotatable bonds is 6. The summed E-state index contributed by atoms with van der Waals surface area (Å²) in [6.07, 6.45) is 10.6. The summed E-state index contributed by atoms with van der Waals surface area (Å²) >= 11 is 0. The Bertz CT molecular complexity index is 336. The molecule has 3 nitrogen and oxygen atoms in total. The largest absolute Gasteiger partial charge is 0.303 e. The van der Waals surface area contributed by atoms with Gasteiger partial charge in [0, 0.05) is 6.54 Å². The molecular formula is C17H31N3. The zero-order valence-electron chi connectivity index (χ0n) is 13.3. The van der Waals surface area contributed by atoms with Crippen molar-refractivity contribution in [2.75, 3.05) is 26.7 Å². The molecule has 1 saturated carbocycles. The maximum atomic E-state index is 9.14. The second kappa shape index (κ2) is 7.43. The molecule has 1 heterocycles. The van der Waals surface area contributed by atoms with Gasteiger partial charge in [0.25, 0.3) is 0 Å². The van der Waals surface area contributed by atoms with Gasteiger partial charge in [-0.15, -0.1) is 0 Å². The highest BCUT2D eigenvalue weighted by Gasteiger charge is 2.30. The molecule has 114 valence electrons. The third-order valence-corrected chi connectivity index (χ3v) is 5.57. The summed E-state index contributed by atoms with van der Waals surface area (Å²) in [5, 5.41) is 12.3. The lowest BCUT2D eigenvalue weighted by Gasteiger charge is -2.41. The molecule has 3 unspecified atom stereocenters. The summed E-state index contributed by atoms with van der Waals surface area (Å²) in [6, 6.07) is 2.38. The lowest BCUT2D eigenvalue weighted by Crippen LogP contribution is -2.42. The van der Waals surface area contributed by atoms with Gasteiger partial charge in [0.15, 0.2) is 0 Å². The van der Waals surface area contributed by atoms with Gasteiger partial charge in [0.05, 0.1) is 6.07 Å². The number of nitrogens with one attached hydrogen (secondary N) is 1. The molecule has 0 aromatic carbocycles. The molecule has 3 heteroatoms. The predicted octanol–water partition coefficient (Wildman–Crippen LogP) is 3.17. The van der Waals surface area contributed by atoms with Gasteiger partial charge in [-0.2, -0.15) is 5.26 Å². The number of piperidine rings is 1. The van der Waals surface area contributed by atoms with Gasteiger partial charge in [0.1, 0.15) is 5.54 Å². The first kappa shape index (κ1) is 15.8. The van der Waals surface area contributed by atoms with Crippen LogP contribution in [0.2, 0.25) is 0 Å². The van der Waals surface area contributed by atoms with Crippen LogP contribution >= 0.6 is 0 Å². The van der Waals surface area contributed by atoms with Crippen LogP contribution in [0.4, 0.5) is 0 Å². The van der Waals surface area contributed by atoms with Gasteiger partial charge < -0.3 is 10.2 Å². The molecule has 0 amide bonds. The maximum Gasteiger partial charge on any atom is 0.103 e. The molecule has 0 aromatic heterocycles. The molecule has 2 rings (SSSR count). The molecule has 2 fully saturated rings. The lowest BCUT2D eigenvalue weighted by molar-refractivity contribution is 0.0854. The molecule has 0 spiro atoms. The van der Waals surface area contributed by atoms with Gasteiger partial charge in [0.2, 0.25) is 0 Å². The topological polar surface area (TPSA) is 39.1 Å². The minimum Gasteiger partial charge on any atom is -0.303 e. The number of hydrogen-bond donors (Lipinski definition) is 1. The first-order valence-electron chi connectivity index (χ1n) is 8.49. The van der Waals surface area contributed by atoms with E-state index in [1.807, 2.05) is 14.0 Å². The normalized spacial score (nSPS) is 30.2. The van der Waals surface area contributed by atoms with E-state index in [0.29, 0.717) is 0 Å². The van der Waals surface area contributed by atoms with Crippen molar-refractivity contribution < 1.29 is 0 Å². The van der Waals surface area contributed by atoms with Crippen LogP contribution in [0.25, 0.3) is 0 Å². The van der Waals surface area contributed by atoms with Gasteiger partial charge in [-0.05, 0) is 71.0 Å². The van der Waals surface area contributed by atoms with Crippen molar-refractivity contribution in [1.29, 1.82) is 5.26 Å². The first-order chi connectivity index (χ1) is 9.67. The minimum absolute atomic E-state index is 0.337. The van der Waals surface area contributed by atoms with Gasteiger partial charge in [-0.3, -0.25) is 0 Å². The Morgan fingerprint density at radius 1 is 1.20 bits per heavy atom. The van der Waals surface area contributed by atoms with Crippen molar-refractivity contribution in [3.8, 4) is 6.07 Å². The van der Waals surface area contributed by atoms with Crippen LogP contribution < -0.4 is 5.32 Å². The van der Waals surface area contributed by atoms with Crippen molar-refractivity contribution in [1.82, 2.24) is 10.2 Å². The fraction of sp³-hybridized carbons (Fsp3) is 0.941. The summed E-state index contributed by atoms with van der Waals surface area (Å²) in [5.74, 6) is 2.02. The van der Waals surface area contributed by atoms with Crippen molar-refractivity contribution in [2.24, 2.45) is 11.8 Å². The monoisotopic (exact) mass is 277 g/mol. The molecule has 1 aliphatic carbocycles.